The zero-order valence-corrected chi connectivity index (χ0v) is 17.9. The zero-order chi connectivity index (χ0) is 19.6. The first kappa shape index (κ1) is 19.6. The second-order valence-electron chi connectivity index (χ2n) is 6.80. The van der Waals surface area contributed by atoms with E-state index in [0.29, 0.717) is 5.75 Å². The molecule has 7 heteroatoms. The van der Waals surface area contributed by atoms with Gasteiger partial charge in [-0.2, -0.15) is 0 Å². The van der Waals surface area contributed by atoms with Crippen LogP contribution in [0.5, 0.6) is 0 Å². The Balaban J connectivity index is 1.74. The molecule has 0 saturated heterocycles. The highest BCUT2D eigenvalue weighted by molar-refractivity contribution is 7.99. The van der Waals surface area contributed by atoms with Crippen LogP contribution in [0.4, 0.5) is 5.69 Å². The average Bonchev–Trinajstić information content (AvgIpc) is 3.19. The van der Waals surface area contributed by atoms with Gasteiger partial charge in [0.05, 0.1) is 5.75 Å². The van der Waals surface area contributed by atoms with E-state index in [1.807, 2.05) is 31.2 Å². The average molecular weight is 401 g/mol. The first-order chi connectivity index (χ1) is 12.9. The van der Waals surface area contributed by atoms with Gasteiger partial charge in [-0.25, -0.2) is 0 Å². The Morgan fingerprint density at radius 2 is 1.89 bits per heavy atom. The number of aromatic nitrogens is 3. The van der Waals surface area contributed by atoms with Gasteiger partial charge in [0.15, 0.2) is 11.0 Å². The van der Waals surface area contributed by atoms with Crippen LogP contribution in [0.15, 0.2) is 34.8 Å². The van der Waals surface area contributed by atoms with Crippen molar-refractivity contribution in [1.82, 2.24) is 14.8 Å². The maximum atomic E-state index is 12.3. The highest BCUT2D eigenvalue weighted by Gasteiger charge is 2.20. The second kappa shape index (κ2) is 8.27. The number of thioether (sulfide) groups is 1. The third kappa shape index (κ3) is 4.42. The molecule has 3 aromatic rings. The van der Waals surface area contributed by atoms with E-state index < -0.39 is 0 Å². The van der Waals surface area contributed by atoms with Crippen LogP contribution in [-0.2, 0) is 4.79 Å². The Hall–Kier alpha value is -2.12. The predicted molar refractivity (Wildman–Crippen MR) is 114 cm³/mol. The van der Waals surface area contributed by atoms with Crippen molar-refractivity contribution in [3.8, 4) is 11.4 Å². The molecule has 1 aromatic carbocycles. The summed E-state index contributed by atoms with van der Waals surface area (Å²) in [6.45, 7) is 10.5. The molecule has 0 unspecified atom stereocenters. The topological polar surface area (TPSA) is 59.8 Å². The molecule has 0 spiro atoms. The minimum absolute atomic E-state index is 0.0498. The highest BCUT2D eigenvalue weighted by atomic mass is 32.2. The van der Waals surface area contributed by atoms with E-state index in [-0.39, 0.29) is 11.9 Å². The van der Waals surface area contributed by atoms with Gasteiger partial charge in [0, 0.05) is 27.5 Å². The third-order valence-electron chi connectivity index (χ3n) is 4.38. The number of thiophene rings is 1. The number of amides is 1. The van der Waals surface area contributed by atoms with Crippen LogP contribution < -0.4 is 5.32 Å². The van der Waals surface area contributed by atoms with Crippen molar-refractivity contribution in [3.05, 3.63) is 45.6 Å². The number of hydrogen-bond donors (Lipinski definition) is 1. The Kier molecular flexibility index (Phi) is 6.01. The summed E-state index contributed by atoms with van der Waals surface area (Å²) >= 11 is 3.14. The molecule has 1 N–H and O–H groups in total. The molecule has 142 valence electrons. The van der Waals surface area contributed by atoms with Gasteiger partial charge < -0.3 is 5.32 Å². The van der Waals surface area contributed by atoms with Crippen molar-refractivity contribution in [2.45, 2.75) is 45.8 Å². The normalized spacial score (nSPS) is 11.2. The van der Waals surface area contributed by atoms with Crippen molar-refractivity contribution in [2.75, 3.05) is 11.1 Å². The lowest BCUT2D eigenvalue weighted by atomic mass is 10.1. The lowest BCUT2D eigenvalue weighted by Crippen LogP contribution is -2.15. The van der Waals surface area contributed by atoms with Crippen LogP contribution in [0.2, 0.25) is 0 Å². The number of nitrogens with zero attached hydrogens (tertiary/aromatic N) is 3. The number of benzene rings is 1. The number of carbonyl (C=O) groups excluding carboxylic acids is 1. The first-order valence-corrected chi connectivity index (χ1v) is 10.7. The molecule has 2 heterocycles. The van der Waals surface area contributed by atoms with E-state index in [2.05, 4.69) is 53.2 Å². The molecule has 0 radical (unpaired) electrons. The SMILES string of the molecule is Cc1ccc(NC(=O)CSc2nnc(-c3csc(C)c3C)n2C(C)C)cc1. The number of aryl methyl sites for hydroxylation is 2. The lowest BCUT2D eigenvalue weighted by Gasteiger charge is -2.13. The summed E-state index contributed by atoms with van der Waals surface area (Å²) in [6.07, 6.45) is 0. The van der Waals surface area contributed by atoms with Gasteiger partial charge in [-0.15, -0.1) is 21.5 Å². The van der Waals surface area contributed by atoms with Crippen molar-refractivity contribution in [1.29, 1.82) is 0 Å². The maximum absolute atomic E-state index is 12.3. The number of nitrogens with one attached hydrogen (secondary N) is 1. The lowest BCUT2D eigenvalue weighted by molar-refractivity contribution is -0.113. The summed E-state index contributed by atoms with van der Waals surface area (Å²) in [6, 6.07) is 7.99. The molecule has 1 amide bonds. The van der Waals surface area contributed by atoms with Crippen LogP contribution in [0.1, 0.15) is 35.9 Å². The molecule has 0 saturated carbocycles. The molecule has 0 fully saturated rings. The minimum atomic E-state index is -0.0498. The quantitative estimate of drug-likeness (QED) is 0.575. The van der Waals surface area contributed by atoms with E-state index in [1.54, 1.807) is 11.3 Å². The van der Waals surface area contributed by atoms with E-state index in [9.17, 15) is 4.79 Å². The fraction of sp³-hybridized carbons (Fsp3) is 0.350. The van der Waals surface area contributed by atoms with Crippen molar-refractivity contribution in [2.24, 2.45) is 0 Å². The van der Waals surface area contributed by atoms with Gasteiger partial charge in [0.25, 0.3) is 0 Å². The number of anilines is 1. The Bertz CT molecular complexity index is 942. The van der Waals surface area contributed by atoms with Crippen LogP contribution in [0.3, 0.4) is 0 Å². The molecular formula is C20H24N4OS2. The number of rotatable bonds is 6. The smallest absolute Gasteiger partial charge is 0.234 e. The summed E-state index contributed by atoms with van der Waals surface area (Å²) in [5.74, 6) is 1.11. The summed E-state index contributed by atoms with van der Waals surface area (Å²) in [7, 11) is 0. The van der Waals surface area contributed by atoms with Crippen LogP contribution in [0.25, 0.3) is 11.4 Å². The summed E-state index contributed by atoms with van der Waals surface area (Å²) < 4.78 is 2.11. The van der Waals surface area contributed by atoms with Gasteiger partial charge in [0.2, 0.25) is 5.91 Å². The van der Waals surface area contributed by atoms with Crippen molar-refractivity contribution in [3.63, 3.8) is 0 Å². The van der Waals surface area contributed by atoms with Crippen molar-refractivity contribution >= 4 is 34.7 Å². The maximum Gasteiger partial charge on any atom is 0.234 e. The van der Waals surface area contributed by atoms with E-state index >= 15 is 0 Å². The summed E-state index contributed by atoms with van der Waals surface area (Å²) in [5.41, 5.74) is 4.33. The highest BCUT2D eigenvalue weighted by Crippen LogP contribution is 2.33. The van der Waals surface area contributed by atoms with Crippen LogP contribution in [0, 0.1) is 20.8 Å². The van der Waals surface area contributed by atoms with Crippen molar-refractivity contribution < 1.29 is 4.79 Å². The molecule has 0 aliphatic carbocycles. The zero-order valence-electron chi connectivity index (χ0n) is 16.2. The largest absolute Gasteiger partial charge is 0.325 e. The fourth-order valence-corrected chi connectivity index (χ4v) is 4.45. The summed E-state index contributed by atoms with van der Waals surface area (Å²) in [5, 5.41) is 14.6. The molecule has 3 rings (SSSR count). The van der Waals surface area contributed by atoms with Gasteiger partial charge in [-0.3, -0.25) is 9.36 Å². The van der Waals surface area contributed by atoms with Crippen LogP contribution >= 0.6 is 23.1 Å². The van der Waals surface area contributed by atoms with E-state index in [4.69, 9.17) is 0 Å². The van der Waals surface area contributed by atoms with Crippen LogP contribution in [-0.4, -0.2) is 26.4 Å². The first-order valence-electron chi connectivity index (χ1n) is 8.86. The summed E-state index contributed by atoms with van der Waals surface area (Å²) in [4.78, 5) is 13.6. The molecule has 27 heavy (non-hydrogen) atoms. The fourth-order valence-electron chi connectivity index (χ4n) is 2.72. The molecule has 5 nitrogen and oxygen atoms in total. The van der Waals surface area contributed by atoms with Gasteiger partial charge in [-0.05, 0) is 52.3 Å². The molecule has 2 aromatic heterocycles. The predicted octanol–water partition coefficient (Wildman–Crippen LogP) is 5.24. The van der Waals surface area contributed by atoms with E-state index in [1.165, 1.54) is 27.8 Å². The van der Waals surface area contributed by atoms with Gasteiger partial charge >= 0.3 is 0 Å². The number of carbonyl (C=O) groups is 1. The molecule has 0 atom stereocenters. The minimum Gasteiger partial charge on any atom is -0.325 e. The molecule has 0 aliphatic heterocycles. The third-order valence-corrected chi connectivity index (χ3v) is 6.33. The van der Waals surface area contributed by atoms with Gasteiger partial charge in [-0.1, -0.05) is 29.5 Å². The van der Waals surface area contributed by atoms with Gasteiger partial charge in [0.1, 0.15) is 0 Å². The second-order valence-corrected chi connectivity index (χ2v) is 8.83. The molecule has 0 bridgehead atoms. The van der Waals surface area contributed by atoms with E-state index in [0.717, 1.165) is 22.2 Å². The Morgan fingerprint density at radius 3 is 2.48 bits per heavy atom. The number of hydrogen-bond acceptors (Lipinski definition) is 5. The Morgan fingerprint density at radius 1 is 1.19 bits per heavy atom. The standard InChI is InChI=1S/C20H24N4OS2/c1-12(2)24-19(17-10-26-15(5)14(17)4)22-23-20(24)27-11-18(25)21-16-8-6-13(3)7-9-16/h6-10,12H,11H2,1-5H3,(H,21,25). The molecule has 0 aliphatic rings. The monoisotopic (exact) mass is 400 g/mol. The Labute approximate surface area is 168 Å². The molecular weight excluding hydrogens is 376 g/mol.